The van der Waals surface area contributed by atoms with E-state index in [0.717, 1.165) is 91.6 Å². The number of benzene rings is 4. The van der Waals surface area contributed by atoms with E-state index in [4.69, 9.17) is 14.2 Å². The normalized spacial score (nSPS) is 15.1. The zero-order valence-corrected chi connectivity index (χ0v) is 33.3. The van der Waals surface area contributed by atoms with Crippen LogP contribution in [0.3, 0.4) is 0 Å². The molecule has 1 N–H and O–H groups in total. The Morgan fingerprint density at radius 2 is 1.58 bits per heavy atom. The van der Waals surface area contributed by atoms with E-state index in [2.05, 4.69) is 59.4 Å². The van der Waals surface area contributed by atoms with Gasteiger partial charge in [0.1, 0.15) is 12.4 Å². The van der Waals surface area contributed by atoms with Crippen LogP contribution < -0.4 is 15.0 Å². The van der Waals surface area contributed by atoms with E-state index in [1.807, 2.05) is 54.6 Å². The molecule has 1 fully saturated rings. The number of nitrogens with zero attached hydrogens (tertiary/aromatic N) is 3. The monoisotopic (exact) mass is 766 g/mol. The van der Waals surface area contributed by atoms with Gasteiger partial charge < -0.3 is 24.4 Å². The summed E-state index contributed by atoms with van der Waals surface area (Å²) in [5, 5.41) is 3.14. The predicted octanol–water partition coefficient (Wildman–Crippen LogP) is 7.97. The van der Waals surface area contributed by atoms with Gasteiger partial charge in [-0.15, -0.1) is 0 Å². The molecule has 10 nitrogen and oxygen atoms in total. The minimum Gasteiger partial charge on any atom is -0.491 e. The Morgan fingerprint density at radius 1 is 0.873 bits per heavy atom. The number of hydrogen-bond donors (Lipinski definition) is 1. The second kappa shape index (κ2) is 18.9. The van der Waals surface area contributed by atoms with Gasteiger partial charge in [-0.3, -0.25) is 9.69 Å². The van der Waals surface area contributed by atoms with Crippen LogP contribution in [0.4, 0.5) is 17.1 Å². The Morgan fingerprint density at radius 3 is 2.27 bits per heavy atom. The van der Waals surface area contributed by atoms with Gasteiger partial charge in [0.2, 0.25) is 10.0 Å². The maximum Gasteiger partial charge on any atom is 0.251 e. The van der Waals surface area contributed by atoms with Crippen LogP contribution in [-0.4, -0.2) is 90.3 Å². The standard InChI is InChI=1S/C44H54N4O6S/c1-5-6-25-52-28-29-54-41-16-9-34(10-17-41)35-11-20-43-37(30-35)31-36(21-24-48(43)40-14-18-42(19-15-40)55(50,51)46(2)3)44(49)45-38-12-7-33(8-13-38)32-47(4)39-22-26-53-27-23-39/h7-20,30-31,39H,5-6,21-29,32H2,1-4H3,(H,45,49). The topological polar surface area (TPSA) is 101 Å². The summed E-state index contributed by atoms with van der Waals surface area (Å²) in [6, 6.07) is 29.8. The van der Waals surface area contributed by atoms with Gasteiger partial charge in [0, 0.05) is 75.7 Å². The first kappa shape index (κ1) is 40.2. The van der Waals surface area contributed by atoms with Gasteiger partial charge in [-0.1, -0.05) is 43.7 Å². The molecule has 2 aliphatic heterocycles. The maximum absolute atomic E-state index is 13.9. The molecule has 0 spiro atoms. The van der Waals surface area contributed by atoms with E-state index in [1.54, 1.807) is 12.1 Å². The molecule has 0 saturated carbocycles. The zero-order valence-electron chi connectivity index (χ0n) is 32.5. The van der Waals surface area contributed by atoms with Crippen molar-refractivity contribution in [2.75, 3.05) is 70.9 Å². The molecule has 0 bridgehead atoms. The van der Waals surface area contributed by atoms with Gasteiger partial charge >= 0.3 is 0 Å². The van der Waals surface area contributed by atoms with Crippen molar-refractivity contribution in [3.05, 3.63) is 108 Å². The lowest BCUT2D eigenvalue weighted by Gasteiger charge is -2.31. The molecule has 4 aromatic rings. The number of sulfonamides is 1. The number of anilines is 3. The molecule has 1 amide bonds. The molecule has 2 heterocycles. The van der Waals surface area contributed by atoms with Crippen LogP contribution >= 0.6 is 0 Å². The molecule has 11 heteroatoms. The fraction of sp³-hybridized carbons (Fsp3) is 0.386. The van der Waals surface area contributed by atoms with Crippen LogP contribution in [0.5, 0.6) is 5.75 Å². The molecule has 2 aliphatic rings. The molecule has 0 atom stereocenters. The summed E-state index contributed by atoms with van der Waals surface area (Å²) in [6.45, 7) is 6.92. The lowest BCUT2D eigenvalue weighted by atomic mass is 10.00. The third kappa shape index (κ3) is 10.4. The molecule has 0 aromatic heterocycles. The van der Waals surface area contributed by atoms with Crippen molar-refractivity contribution in [1.82, 2.24) is 9.21 Å². The Hall–Kier alpha value is -4.52. The highest BCUT2D eigenvalue weighted by atomic mass is 32.2. The summed E-state index contributed by atoms with van der Waals surface area (Å²) in [6.07, 6.45) is 6.70. The van der Waals surface area contributed by atoms with Crippen molar-refractivity contribution in [2.24, 2.45) is 0 Å². The summed E-state index contributed by atoms with van der Waals surface area (Å²) in [5.41, 5.74) is 7.26. The second-order valence-electron chi connectivity index (χ2n) is 14.4. The third-order valence-electron chi connectivity index (χ3n) is 10.3. The zero-order chi connectivity index (χ0) is 38.8. The van der Waals surface area contributed by atoms with E-state index in [0.29, 0.717) is 37.8 Å². The molecular weight excluding hydrogens is 713 g/mol. The van der Waals surface area contributed by atoms with Gasteiger partial charge in [-0.2, -0.15) is 0 Å². The SMILES string of the molecule is CCCCOCCOc1ccc(-c2ccc3c(c2)C=C(C(=O)Nc2ccc(CN(C)C4CCOCC4)cc2)CCN3c2ccc(S(=O)(=O)N(C)C)cc2)cc1. The molecule has 0 radical (unpaired) electrons. The van der Waals surface area contributed by atoms with Crippen LogP contribution in [0, 0.1) is 0 Å². The molecular formula is C44H54N4O6S. The van der Waals surface area contributed by atoms with Crippen molar-refractivity contribution < 1.29 is 27.4 Å². The Bertz CT molecular complexity index is 2010. The number of ether oxygens (including phenoxy) is 3. The predicted molar refractivity (Wildman–Crippen MR) is 220 cm³/mol. The van der Waals surface area contributed by atoms with Crippen LogP contribution in [0.2, 0.25) is 0 Å². The van der Waals surface area contributed by atoms with Crippen LogP contribution in [0.1, 0.15) is 50.2 Å². The summed E-state index contributed by atoms with van der Waals surface area (Å²) >= 11 is 0. The van der Waals surface area contributed by atoms with E-state index < -0.39 is 10.0 Å². The molecule has 4 aromatic carbocycles. The lowest BCUT2D eigenvalue weighted by molar-refractivity contribution is -0.112. The van der Waals surface area contributed by atoms with Crippen molar-refractivity contribution in [2.45, 2.75) is 56.5 Å². The summed E-state index contributed by atoms with van der Waals surface area (Å²) in [5.74, 6) is 0.625. The van der Waals surface area contributed by atoms with Gasteiger partial charge in [0.25, 0.3) is 5.91 Å². The fourth-order valence-corrected chi connectivity index (χ4v) is 7.82. The smallest absolute Gasteiger partial charge is 0.251 e. The largest absolute Gasteiger partial charge is 0.491 e. The number of rotatable bonds is 16. The lowest BCUT2D eigenvalue weighted by Crippen LogP contribution is -2.36. The minimum atomic E-state index is -3.58. The maximum atomic E-state index is 13.9. The fourth-order valence-electron chi connectivity index (χ4n) is 6.92. The van der Waals surface area contributed by atoms with E-state index in [9.17, 15) is 13.2 Å². The number of nitrogens with one attached hydrogen (secondary N) is 1. The molecule has 1 saturated heterocycles. The number of fused-ring (bicyclic) bond motifs is 1. The van der Waals surface area contributed by atoms with E-state index in [-0.39, 0.29) is 10.8 Å². The number of unbranched alkanes of at least 4 members (excludes halogenated alkanes) is 1. The number of carbonyl (C=O) groups excluding carboxylic acids is 1. The van der Waals surface area contributed by atoms with Gasteiger partial charge in [-0.05, 0) is 122 Å². The quantitative estimate of drug-likeness (QED) is 0.115. The average molecular weight is 767 g/mol. The van der Waals surface area contributed by atoms with Crippen molar-refractivity contribution in [1.29, 1.82) is 0 Å². The highest BCUT2D eigenvalue weighted by Crippen LogP contribution is 2.37. The Labute approximate surface area is 326 Å². The van der Waals surface area contributed by atoms with Gasteiger partial charge in [0.15, 0.2) is 0 Å². The first-order valence-electron chi connectivity index (χ1n) is 19.3. The Kier molecular flexibility index (Phi) is 13.8. The number of hydrogen-bond acceptors (Lipinski definition) is 8. The van der Waals surface area contributed by atoms with Crippen LogP contribution in [0.25, 0.3) is 17.2 Å². The van der Waals surface area contributed by atoms with E-state index in [1.165, 1.54) is 24.0 Å². The first-order chi connectivity index (χ1) is 26.6. The Balaban J connectivity index is 1.22. The second-order valence-corrected chi connectivity index (χ2v) is 16.5. The molecule has 0 aliphatic carbocycles. The highest BCUT2D eigenvalue weighted by molar-refractivity contribution is 7.89. The van der Waals surface area contributed by atoms with Gasteiger partial charge in [-0.25, -0.2) is 12.7 Å². The van der Waals surface area contributed by atoms with Crippen LogP contribution in [0.15, 0.2) is 101 Å². The summed E-state index contributed by atoms with van der Waals surface area (Å²) in [4.78, 5) is 18.7. The third-order valence-corrected chi connectivity index (χ3v) is 12.1. The first-order valence-corrected chi connectivity index (χ1v) is 20.7. The van der Waals surface area contributed by atoms with Crippen molar-refractivity contribution >= 4 is 39.1 Å². The van der Waals surface area contributed by atoms with Crippen molar-refractivity contribution in [3.63, 3.8) is 0 Å². The van der Waals surface area contributed by atoms with Gasteiger partial charge in [0.05, 0.1) is 11.5 Å². The molecule has 6 rings (SSSR count). The number of carbonyl (C=O) groups is 1. The van der Waals surface area contributed by atoms with Crippen molar-refractivity contribution in [3.8, 4) is 16.9 Å². The summed E-state index contributed by atoms with van der Waals surface area (Å²) < 4.78 is 43.9. The number of amides is 1. The average Bonchev–Trinajstić information content (AvgIpc) is 3.40. The molecule has 292 valence electrons. The molecule has 0 unspecified atom stereocenters. The minimum absolute atomic E-state index is 0.155. The highest BCUT2D eigenvalue weighted by Gasteiger charge is 2.24. The summed E-state index contributed by atoms with van der Waals surface area (Å²) in [7, 11) is 1.63. The van der Waals surface area contributed by atoms with E-state index >= 15 is 0 Å². The molecule has 55 heavy (non-hydrogen) atoms. The van der Waals surface area contributed by atoms with Crippen LogP contribution in [-0.2, 0) is 30.8 Å².